The molecule has 0 aromatic heterocycles. The molecule has 1 fully saturated rings. The summed E-state index contributed by atoms with van der Waals surface area (Å²) < 4.78 is 43.4. The molecule has 1 aromatic carbocycles. The highest BCUT2D eigenvalue weighted by Gasteiger charge is 2.43. The molecule has 0 saturated carbocycles. The van der Waals surface area contributed by atoms with E-state index in [9.17, 15) is 27.9 Å². The van der Waals surface area contributed by atoms with Gasteiger partial charge in [0.05, 0.1) is 11.0 Å². The summed E-state index contributed by atoms with van der Waals surface area (Å²) in [5, 5.41) is 9.59. The number of benzene rings is 1. The molecular weight excluding hydrogens is 339 g/mol. The number of piperidine rings is 1. The molecule has 1 aliphatic heterocycles. The minimum absolute atomic E-state index is 0.0409. The fourth-order valence-electron chi connectivity index (χ4n) is 3.10. The Labute approximate surface area is 143 Å². The standard InChI is InChI=1S/C17H20F3NO4/c1-25-9-7-16(15(23)24)6-3-8-21(11-16)14(22)12-4-2-5-13(10-12)17(18,19)20/h2,4-5,10H,3,6-9,11H2,1H3,(H,23,24). The van der Waals surface area contributed by atoms with Crippen molar-refractivity contribution in [3.63, 3.8) is 0 Å². The van der Waals surface area contributed by atoms with Gasteiger partial charge in [-0.3, -0.25) is 9.59 Å². The summed E-state index contributed by atoms with van der Waals surface area (Å²) in [5.74, 6) is -1.61. The predicted molar refractivity (Wildman–Crippen MR) is 83.1 cm³/mol. The molecule has 5 nitrogen and oxygen atoms in total. The van der Waals surface area contributed by atoms with Gasteiger partial charge in [0.15, 0.2) is 0 Å². The van der Waals surface area contributed by atoms with Gasteiger partial charge in [-0.25, -0.2) is 0 Å². The average Bonchev–Trinajstić information content (AvgIpc) is 2.58. The van der Waals surface area contributed by atoms with Crippen molar-refractivity contribution in [1.82, 2.24) is 4.90 Å². The maximum Gasteiger partial charge on any atom is 0.416 e. The number of carbonyl (C=O) groups is 2. The summed E-state index contributed by atoms with van der Waals surface area (Å²) in [6, 6.07) is 4.18. The smallest absolute Gasteiger partial charge is 0.416 e. The number of methoxy groups -OCH3 is 1. The van der Waals surface area contributed by atoms with Crippen LogP contribution in [0.4, 0.5) is 13.2 Å². The van der Waals surface area contributed by atoms with Crippen molar-refractivity contribution in [3.05, 3.63) is 35.4 Å². The van der Waals surface area contributed by atoms with Crippen molar-refractivity contribution in [1.29, 1.82) is 0 Å². The quantitative estimate of drug-likeness (QED) is 0.878. The molecule has 0 spiro atoms. The van der Waals surface area contributed by atoms with Gasteiger partial charge in [-0.05, 0) is 37.5 Å². The third-order valence-corrected chi connectivity index (χ3v) is 4.54. The number of hydrogen-bond acceptors (Lipinski definition) is 3. The second kappa shape index (κ2) is 7.43. The predicted octanol–water partition coefficient (Wildman–Crippen LogP) is 3.05. The maximum absolute atomic E-state index is 12.8. The zero-order valence-electron chi connectivity index (χ0n) is 13.8. The Kier molecular flexibility index (Phi) is 5.72. The first-order chi connectivity index (χ1) is 11.7. The van der Waals surface area contributed by atoms with E-state index in [1.54, 1.807) is 0 Å². The number of carbonyl (C=O) groups excluding carboxylic acids is 1. The molecule has 0 aliphatic carbocycles. The number of halogens is 3. The molecule has 25 heavy (non-hydrogen) atoms. The van der Waals surface area contributed by atoms with Crippen molar-refractivity contribution < 1.29 is 32.6 Å². The first-order valence-electron chi connectivity index (χ1n) is 7.88. The van der Waals surface area contributed by atoms with E-state index in [0.717, 1.165) is 12.1 Å². The van der Waals surface area contributed by atoms with Crippen LogP contribution in [0.5, 0.6) is 0 Å². The van der Waals surface area contributed by atoms with E-state index in [4.69, 9.17) is 4.74 Å². The zero-order chi connectivity index (χ0) is 18.7. The number of carboxylic acid groups (broad SMARTS) is 1. The van der Waals surface area contributed by atoms with Crippen LogP contribution in [0.15, 0.2) is 24.3 Å². The number of aliphatic carboxylic acids is 1. The number of rotatable bonds is 5. The van der Waals surface area contributed by atoms with Crippen LogP contribution in [0.25, 0.3) is 0 Å². The van der Waals surface area contributed by atoms with Gasteiger partial charge >= 0.3 is 12.1 Å². The van der Waals surface area contributed by atoms with Crippen molar-refractivity contribution >= 4 is 11.9 Å². The largest absolute Gasteiger partial charge is 0.481 e. The maximum atomic E-state index is 12.8. The molecular formula is C17H20F3NO4. The van der Waals surface area contributed by atoms with E-state index in [1.807, 2.05) is 0 Å². The third-order valence-electron chi connectivity index (χ3n) is 4.54. The summed E-state index contributed by atoms with van der Waals surface area (Å²) >= 11 is 0. The van der Waals surface area contributed by atoms with Crippen molar-refractivity contribution in [2.75, 3.05) is 26.8 Å². The summed E-state index contributed by atoms with van der Waals surface area (Å²) in [5.41, 5.74) is -2.13. The minimum atomic E-state index is -4.54. The Hall–Kier alpha value is -2.09. The lowest BCUT2D eigenvalue weighted by molar-refractivity contribution is -0.153. The van der Waals surface area contributed by atoms with Crippen LogP contribution < -0.4 is 0 Å². The number of amides is 1. The van der Waals surface area contributed by atoms with Crippen LogP contribution in [-0.2, 0) is 15.7 Å². The second-order valence-electron chi connectivity index (χ2n) is 6.24. The Bertz CT molecular complexity index is 647. The number of ether oxygens (including phenoxy) is 1. The van der Waals surface area contributed by atoms with Crippen LogP contribution in [-0.4, -0.2) is 48.7 Å². The van der Waals surface area contributed by atoms with Crippen molar-refractivity contribution in [2.24, 2.45) is 5.41 Å². The second-order valence-corrected chi connectivity index (χ2v) is 6.24. The summed E-state index contributed by atoms with van der Waals surface area (Å²) in [7, 11) is 1.46. The number of hydrogen-bond donors (Lipinski definition) is 1. The monoisotopic (exact) mass is 359 g/mol. The molecule has 1 atom stereocenters. The van der Waals surface area contributed by atoms with Crippen LogP contribution in [0.1, 0.15) is 35.2 Å². The molecule has 8 heteroatoms. The van der Waals surface area contributed by atoms with Crippen LogP contribution in [0.3, 0.4) is 0 Å². The Balaban J connectivity index is 2.23. The van der Waals surface area contributed by atoms with Gasteiger partial charge < -0.3 is 14.7 Å². The molecule has 1 aromatic rings. The Morgan fingerprint density at radius 3 is 2.68 bits per heavy atom. The molecule has 138 valence electrons. The molecule has 0 radical (unpaired) electrons. The van der Waals surface area contributed by atoms with Crippen LogP contribution >= 0.6 is 0 Å². The minimum Gasteiger partial charge on any atom is -0.481 e. The number of nitrogens with zero attached hydrogens (tertiary/aromatic N) is 1. The normalized spacial score (nSPS) is 21.2. The van der Waals surface area contributed by atoms with Gasteiger partial charge in [0, 0.05) is 32.4 Å². The summed E-state index contributed by atoms with van der Waals surface area (Å²) in [4.78, 5) is 25.6. The van der Waals surface area contributed by atoms with Crippen molar-refractivity contribution in [2.45, 2.75) is 25.4 Å². The fourth-order valence-corrected chi connectivity index (χ4v) is 3.10. The lowest BCUT2D eigenvalue weighted by Gasteiger charge is -2.40. The van der Waals surface area contributed by atoms with Gasteiger partial charge in [0.2, 0.25) is 0 Å². The van der Waals surface area contributed by atoms with E-state index in [-0.39, 0.29) is 25.1 Å². The molecule has 1 amide bonds. The number of alkyl halides is 3. The van der Waals surface area contributed by atoms with E-state index >= 15 is 0 Å². The molecule has 1 aliphatic rings. The van der Waals surface area contributed by atoms with Crippen LogP contribution in [0, 0.1) is 5.41 Å². The lowest BCUT2D eigenvalue weighted by atomic mass is 9.77. The number of carboxylic acids is 1. The molecule has 1 N–H and O–H groups in total. The lowest BCUT2D eigenvalue weighted by Crippen LogP contribution is -2.50. The molecule has 2 rings (SSSR count). The highest BCUT2D eigenvalue weighted by Crippen LogP contribution is 2.35. The zero-order valence-corrected chi connectivity index (χ0v) is 13.8. The summed E-state index contributed by atoms with van der Waals surface area (Å²) in [6.45, 7) is 0.510. The van der Waals surface area contributed by atoms with E-state index in [1.165, 1.54) is 24.1 Å². The topological polar surface area (TPSA) is 66.8 Å². The van der Waals surface area contributed by atoms with E-state index in [0.29, 0.717) is 19.4 Å². The van der Waals surface area contributed by atoms with Gasteiger partial charge in [-0.2, -0.15) is 13.2 Å². The fraction of sp³-hybridized carbons (Fsp3) is 0.529. The van der Waals surface area contributed by atoms with Gasteiger partial charge in [0.1, 0.15) is 0 Å². The number of likely N-dealkylation sites (tertiary alicyclic amines) is 1. The van der Waals surface area contributed by atoms with Crippen molar-refractivity contribution in [3.8, 4) is 0 Å². The average molecular weight is 359 g/mol. The summed E-state index contributed by atoms with van der Waals surface area (Å²) in [6.07, 6.45) is -3.43. The highest BCUT2D eigenvalue weighted by molar-refractivity contribution is 5.95. The Morgan fingerprint density at radius 2 is 2.08 bits per heavy atom. The SMILES string of the molecule is COCCC1(C(=O)O)CCCN(C(=O)c2cccc(C(F)(F)F)c2)C1. The highest BCUT2D eigenvalue weighted by atomic mass is 19.4. The van der Waals surface area contributed by atoms with Gasteiger partial charge in [0.25, 0.3) is 5.91 Å². The molecule has 1 heterocycles. The van der Waals surface area contributed by atoms with Gasteiger partial charge in [-0.1, -0.05) is 6.07 Å². The molecule has 1 saturated heterocycles. The van der Waals surface area contributed by atoms with Crippen LogP contribution in [0.2, 0.25) is 0 Å². The molecule has 0 bridgehead atoms. The first kappa shape index (κ1) is 19.2. The van der Waals surface area contributed by atoms with E-state index in [2.05, 4.69) is 0 Å². The third kappa shape index (κ3) is 4.31. The van der Waals surface area contributed by atoms with E-state index < -0.39 is 29.0 Å². The Morgan fingerprint density at radius 1 is 1.36 bits per heavy atom. The molecule has 1 unspecified atom stereocenters. The van der Waals surface area contributed by atoms with Gasteiger partial charge in [-0.15, -0.1) is 0 Å². The first-order valence-corrected chi connectivity index (χ1v) is 7.88.